The zero-order valence-electron chi connectivity index (χ0n) is 23.5. The van der Waals surface area contributed by atoms with Crippen LogP contribution >= 0.6 is 0 Å². The summed E-state index contributed by atoms with van der Waals surface area (Å²) in [5, 5.41) is 5.90. The summed E-state index contributed by atoms with van der Waals surface area (Å²) in [6, 6.07) is 17.2. The van der Waals surface area contributed by atoms with Gasteiger partial charge in [-0.3, -0.25) is 0 Å². The van der Waals surface area contributed by atoms with Gasteiger partial charge in [0.1, 0.15) is 31.9 Å². The van der Waals surface area contributed by atoms with Crippen molar-refractivity contribution in [2.24, 2.45) is 5.92 Å². The molecule has 0 aromatic heterocycles. The van der Waals surface area contributed by atoms with Gasteiger partial charge in [0.25, 0.3) is 0 Å². The van der Waals surface area contributed by atoms with E-state index >= 15 is 0 Å². The number of rotatable bonds is 14. The fraction of sp³-hybridized carbons (Fsp3) is 0.500. The molecule has 11 nitrogen and oxygen atoms in total. The lowest BCUT2D eigenvalue weighted by atomic mass is 10.00. The molecular formula is C30H40N4O7. The van der Waals surface area contributed by atoms with Crippen LogP contribution in [0, 0.1) is 5.92 Å². The highest BCUT2D eigenvalue weighted by atomic mass is 16.5. The van der Waals surface area contributed by atoms with Crippen molar-refractivity contribution < 1.29 is 33.3 Å². The second-order valence-electron chi connectivity index (χ2n) is 10.2. The number of likely N-dealkylation sites (tertiary alicyclic amines) is 2. The van der Waals surface area contributed by atoms with E-state index in [1.165, 1.54) is 0 Å². The lowest BCUT2D eigenvalue weighted by Crippen LogP contribution is -2.61. The normalized spacial score (nSPS) is 18.9. The van der Waals surface area contributed by atoms with Crippen LogP contribution in [0.3, 0.4) is 0 Å². The SMILES string of the molecule is CN[C@@H]1CN(C(=O)N2CC(COCc3ccccc3OCCNC(=O)OCc3ccccc3)C2)CC[C@@H]1OCC=O. The molecule has 2 saturated heterocycles. The van der Waals surface area contributed by atoms with Crippen molar-refractivity contribution in [2.75, 3.05) is 59.6 Å². The zero-order chi connectivity index (χ0) is 28.9. The number of hydrogen-bond acceptors (Lipinski definition) is 8. The van der Waals surface area contributed by atoms with Gasteiger partial charge in [0.2, 0.25) is 0 Å². The third kappa shape index (κ3) is 9.17. The minimum absolute atomic E-state index is 0.000383. The van der Waals surface area contributed by atoms with Crippen molar-refractivity contribution in [1.29, 1.82) is 0 Å². The van der Waals surface area contributed by atoms with Crippen LogP contribution in [0.4, 0.5) is 9.59 Å². The predicted molar refractivity (Wildman–Crippen MR) is 152 cm³/mol. The summed E-state index contributed by atoms with van der Waals surface area (Å²) >= 11 is 0. The minimum Gasteiger partial charge on any atom is -0.491 e. The first kappa shape index (κ1) is 30.3. The summed E-state index contributed by atoms with van der Waals surface area (Å²) in [4.78, 5) is 39.2. The summed E-state index contributed by atoms with van der Waals surface area (Å²) in [5.74, 6) is 0.990. The third-order valence-electron chi connectivity index (χ3n) is 7.22. The number of para-hydroxylation sites is 1. The van der Waals surface area contributed by atoms with E-state index in [-0.39, 0.29) is 37.3 Å². The molecule has 2 aliphatic rings. The molecule has 41 heavy (non-hydrogen) atoms. The minimum atomic E-state index is -0.489. The molecule has 4 rings (SSSR count). The molecule has 2 N–H and O–H groups in total. The second kappa shape index (κ2) is 15.9. The molecule has 0 saturated carbocycles. The molecule has 0 aliphatic carbocycles. The highest BCUT2D eigenvalue weighted by Gasteiger charge is 2.37. The maximum absolute atomic E-state index is 13.0. The van der Waals surface area contributed by atoms with Gasteiger partial charge >= 0.3 is 12.1 Å². The Morgan fingerprint density at radius 1 is 1.00 bits per heavy atom. The third-order valence-corrected chi connectivity index (χ3v) is 7.22. The van der Waals surface area contributed by atoms with E-state index < -0.39 is 6.09 Å². The van der Waals surface area contributed by atoms with E-state index in [0.29, 0.717) is 64.7 Å². The van der Waals surface area contributed by atoms with E-state index in [2.05, 4.69) is 10.6 Å². The number of alkyl carbamates (subject to hydrolysis) is 1. The van der Waals surface area contributed by atoms with Crippen molar-refractivity contribution in [3.63, 3.8) is 0 Å². The number of urea groups is 1. The van der Waals surface area contributed by atoms with Gasteiger partial charge in [-0.05, 0) is 25.1 Å². The Bertz CT molecular complexity index is 1110. The standard InChI is InChI=1S/C30H40N4O7/c1-31-26-19-33(13-11-28(26)40-16-14-35)30(37)34-17-24(18-34)20-38-22-25-9-5-6-10-27(25)39-15-12-32-29(36)41-21-23-7-3-2-4-8-23/h2-10,14,24,26,28,31H,11-13,15-22H2,1H3,(H,32,36)/t26-,28+/m1/s1. The van der Waals surface area contributed by atoms with E-state index in [0.717, 1.165) is 17.4 Å². The summed E-state index contributed by atoms with van der Waals surface area (Å²) in [7, 11) is 1.84. The smallest absolute Gasteiger partial charge is 0.407 e. The Labute approximate surface area is 241 Å². The maximum atomic E-state index is 13.0. The predicted octanol–water partition coefficient (Wildman–Crippen LogP) is 2.44. The number of amides is 3. The molecule has 2 atom stereocenters. The molecule has 2 heterocycles. The molecular weight excluding hydrogens is 528 g/mol. The van der Waals surface area contributed by atoms with Crippen LogP contribution in [0.15, 0.2) is 54.6 Å². The molecule has 0 bridgehead atoms. The Hall–Kier alpha value is -3.67. The van der Waals surface area contributed by atoms with Crippen LogP contribution in [-0.2, 0) is 32.2 Å². The highest BCUT2D eigenvalue weighted by molar-refractivity contribution is 5.75. The van der Waals surface area contributed by atoms with Gasteiger partial charge in [0, 0.05) is 37.7 Å². The summed E-state index contributed by atoms with van der Waals surface area (Å²) in [5.41, 5.74) is 1.85. The quantitative estimate of drug-likeness (QED) is 0.264. The molecule has 0 unspecified atom stereocenters. The number of aldehydes is 1. The number of nitrogens with zero attached hydrogens (tertiary/aromatic N) is 2. The molecule has 11 heteroatoms. The maximum Gasteiger partial charge on any atom is 0.407 e. The Morgan fingerprint density at radius 2 is 1.78 bits per heavy atom. The summed E-state index contributed by atoms with van der Waals surface area (Å²) < 4.78 is 22.6. The Kier molecular flexibility index (Phi) is 11.8. The monoisotopic (exact) mass is 568 g/mol. The van der Waals surface area contributed by atoms with Gasteiger partial charge in [-0.2, -0.15) is 0 Å². The van der Waals surface area contributed by atoms with Gasteiger partial charge in [-0.1, -0.05) is 48.5 Å². The largest absolute Gasteiger partial charge is 0.491 e. The first-order valence-corrected chi connectivity index (χ1v) is 14.1. The molecule has 2 aromatic carbocycles. The fourth-order valence-electron chi connectivity index (χ4n) is 4.96. The van der Waals surface area contributed by atoms with Crippen LogP contribution in [0.1, 0.15) is 17.5 Å². The van der Waals surface area contributed by atoms with Crippen LogP contribution in [0.25, 0.3) is 0 Å². The topological polar surface area (TPSA) is 119 Å². The molecule has 0 spiro atoms. The van der Waals surface area contributed by atoms with Gasteiger partial charge in [0.15, 0.2) is 0 Å². The lowest BCUT2D eigenvalue weighted by molar-refractivity contribution is -0.115. The fourth-order valence-corrected chi connectivity index (χ4v) is 4.96. The molecule has 2 aromatic rings. The highest BCUT2D eigenvalue weighted by Crippen LogP contribution is 2.23. The Balaban J connectivity index is 1.10. The second-order valence-corrected chi connectivity index (χ2v) is 10.2. The zero-order valence-corrected chi connectivity index (χ0v) is 23.5. The van der Waals surface area contributed by atoms with E-state index in [1.54, 1.807) is 0 Å². The molecule has 0 radical (unpaired) electrons. The van der Waals surface area contributed by atoms with E-state index in [9.17, 15) is 14.4 Å². The first-order valence-electron chi connectivity index (χ1n) is 14.1. The van der Waals surface area contributed by atoms with E-state index in [1.807, 2.05) is 71.4 Å². The van der Waals surface area contributed by atoms with Crippen molar-refractivity contribution in [3.05, 3.63) is 65.7 Å². The molecule has 222 valence electrons. The first-order chi connectivity index (χ1) is 20.1. The van der Waals surface area contributed by atoms with Crippen LogP contribution in [0.5, 0.6) is 5.75 Å². The van der Waals surface area contributed by atoms with E-state index in [4.69, 9.17) is 18.9 Å². The lowest BCUT2D eigenvalue weighted by Gasteiger charge is -2.45. The molecule has 2 fully saturated rings. The van der Waals surface area contributed by atoms with Crippen molar-refractivity contribution in [1.82, 2.24) is 20.4 Å². The number of hydrogen-bond donors (Lipinski definition) is 2. The van der Waals surface area contributed by atoms with Crippen LogP contribution in [-0.4, -0.2) is 99.9 Å². The molecule has 3 amide bonds. The van der Waals surface area contributed by atoms with Gasteiger partial charge in [-0.15, -0.1) is 0 Å². The number of carbonyl (C=O) groups excluding carboxylic acids is 3. The summed E-state index contributed by atoms with van der Waals surface area (Å²) in [6.07, 6.45) is 0.889. The Morgan fingerprint density at radius 3 is 2.56 bits per heavy atom. The average Bonchev–Trinajstić information content (AvgIpc) is 2.99. The number of carbonyl (C=O) groups is 3. The van der Waals surface area contributed by atoms with Crippen molar-refractivity contribution in [2.45, 2.75) is 31.8 Å². The van der Waals surface area contributed by atoms with Gasteiger partial charge in [-0.25, -0.2) is 9.59 Å². The number of benzene rings is 2. The van der Waals surface area contributed by atoms with Gasteiger partial charge in [0.05, 0.1) is 31.9 Å². The molecule has 2 aliphatic heterocycles. The van der Waals surface area contributed by atoms with Gasteiger partial charge < -0.3 is 44.2 Å². The van der Waals surface area contributed by atoms with Crippen LogP contribution < -0.4 is 15.4 Å². The van der Waals surface area contributed by atoms with Crippen LogP contribution in [0.2, 0.25) is 0 Å². The van der Waals surface area contributed by atoms with Crippen molar-refractivity contribution in [3.8, 4) is 5.75 Å². The number of likely N-dealkylation sites (N-methyl/N-ethyl adjacent to an activating group) is 1. The number of nitrogens with one attached hydrogen (secondary N) is 2. The number of piperidine rings is 1. The van der Waals surface area contributed by atoms with Crippen molar-refractivity contribution >= 4 is 18.4 Å². The summed E-state index contributed by atoms with van der Waals surface area (Å²) in [6.45, 7) is 4.33. The average molecular weight is 569 g/mol. The number of ether oxygens (including phenoxy) is 4.